The summed E-state index contributed by atoms with van der Waals surface area (Å²) < 4.78 is 0. The highest BCUT2D eigenvalue weighted by atomic mass is 15.4. The number of hydrogen-bond donors (Lipinski definition) is 0. The van der Waals surface area contributed by atoms with Crippen molar-refractivity contribution in [3.8, 4) is 0 Å². The fourth-order valence-electron chi connectivity index (χ4n) is 1.59. The van der Waals surface area contributed by atoms with E-state index in [1.54, 1.807) is 0 Å². The minimum absolute atomic E-state index is 0.719. The van der Waals surface area contributed by atoms with Crippen LogP contribution in [0.2, 0.25) is 0 Å². The first-order valence-electron chi connectivity index (χ1n) is 4.70. The SMILES string of the molecule is CCCN1CCN(C(C)C)C1. The van der Waals surface area contributed by atoms with E-state index < -0.39 is 0 Å². The molecule has 0 atom stereocenters. The average Bonchev–Trinajstić information content (AvgIpc) is 2.37. The lowest BCUT2D eigenvalue weighted by molar-refractivity contribution is 0.211. The summed E-state index contributed by atoms with van der Waals surface area (Å²) in [6.45, 7) is 11.8. The van der Waals surface area contributed by atoms with Crippen molar-refractivity contribution in [2.75, 3.05) is 26.3 Å². The molecule has 1 rings (SSSR count). The predicted octanol–water partition coefficient (Wildman–Crippen LogP) is 1.38. The molecule has 66 valence electrons. The summed E-state index contributed by atoms with van der Waals surface area (Å²) in [4.78, 5) is 5.05. The molecule has 0 aromatic carbocycles. The molecule has 0 aromatic heterocycles. The van der Waals surface area contributed by atoms with Gasteiger partial charge in [-0.1, -0.05) is 6.92 Å². The van der Waals surface area contributed by atoms with Crippen molar-refractivity contribution in [1.29, 1.82) is 0 Å². The molecule has 1 aliphatic heterocycles. The lowest BCUT2D eigenvalue weighted by atomic mass is 10.3. The first-order chi connectivity index (χ1) is 5.24. The average molecular weight is 156 g/mol. The van der Waals surface area contributed by atoms with E-state index >= 15 is 0 Å². The van der Waals surface area contributed by atoms with Crippen LogP contribution in [0.5, 0.6) is 0 Å². The van der Waals surface area contributed by atoms with E-state index in [-0.39, 0.29) is 0 Å². The Labute approximate surface area is 70.2 Å². The standard InChI is InChI=1S/C9H20N2/c1-4-5-10-6-7-11(8-10)9(2)3/h9H,4-8H2,1-3H3. The summed E-state index contributed by atoms with van der Waals surface area (Å²) in [5, 5.41) is 0. The molecule has 0 aromatic rings. The Kier molecular flexibility index (Phi) is 3.34. The van der Waals surface area contributed by atoms with Gasteiger partial charge in [0.25, 0.3) is 0 Å². The summed E-state index contributed by atoms with van der Waals surface area (Å²) in [5.74, 6) is 0. The maximum absolute atomic E-state index is 2.53. The van der Waals surface area contributed by atoms with Gasteiger partial charge >= 0.3 is 0 Å². The third-order valence-corrected chi connectivity index (χ3v) is 2.36. The van der Waals surface area contributed by atoms with Crippen molar-refractivity contribution in [2.45, 2.75) is 33.2 Å². The van der Waals surface area contributed by atoms with Gasteiger partial charge in [-0.3, -0.25) is 9.80 Å². The maximum Gasteiger partial charge on any atom is 0.0509 e. The van der Waals surface area contributed by atoms with Crippen molar-refractivity contribution in [2.24, 2.45) is 0 Å². The molecule has 0 bridgehead atoms. The summed E-state index contributed by atoms with van der Waals surface area (Å²) >= 11 is 0. The normalized spacial score (nSPS) is 21.8. The second-order valence-electron chi connectivity index (χ2n) is 3.67. The van der Waals surface area contributed by atoms with Crippen molar-refractivity contribution in [1.82, 2.24) is 9.80 Å². The fraction of sp³-hybridized carbons (Fsp3) is 1.00. The molecular weight excluding hydrogens is 136 g/mol. The zero-order chi connectivity index (χ0) is 8.27. The van der Waals surface area contributed by atoms with Crippen LogP contribution in [0.4, 0.5) is 0 Å². The Morgan fingerprint density at radius 3 is 2.45 bits per heavy atom. The van der Waals surface area contributed by atoms with E-state index in [1.807, 2.05) is 0 Å². The van der Waals surface area contributed by atoms with Crippen LogP contribution in [0.3, 0.4) is 0 Å². The Balaban J connectivity index is 2.23. The van der Waals surface area contributed by atoms with Crippen LogP contribution in [0.25, 0.3) is 0 Å². The number of rotatable bonds is 3. The van der Waals surface area contributed by atoms with E-state index in [4.69, 9.17) is 0 Å². The van der Waals surface area contributed by atoms with E-state index in [9.17, 15) is 0 Å². The first kappa shape index (κ1) is 9.01. The highest BCUT2D eigenvalue weighted by Crippen LogP contribution is 2.08. The van der Waals surface area contributed by atoms with Gasteiger partial charge in [0.05, 0.1) is 6.67 Å². The van der Waals surface area contributed by atoms with Crippen LogP contribution in [-0.2, 0) is 0 Å². The summed E-state index contributed by atoms with van der Waals surface area (Å²) in [6.07, 6.45) is 1.28. The highest BCUT2D eigenvalue weighted by molar-refractivity contribution is 4.72. The van der Waals surface area contributed by atoms with E-state index in [1.165, 1.54) is 32.7 Å². The summed E-state index contributed by atoms with van der Waals surface area (Å²) in [6, 6.07) is 0.719. The molecule has 0 radical (unpaired) electrons. The largest absolute Gasteiger partial charge is 0.289 e. The van der Waals surface area contributed by atoms with Gasteiger partial charge in [0.2, 0.25) is 0 Å². The monoisotopic (exact) mass is 156 g/mol. The van der Waals surface area contributed by atoms with Gasteiger partial charge < -0.3 is 0 Å². The van der Waals surface area contributed by atoms with Crippen molar-refractivity contribution in [3.05, 3.63) is 0 Å². The Morgan fingerprint density at radius 2 is 2.00 bits per heavy atom. The van der Waals surface area contributed by atoms with Crippen molar-refractivity contribution < 1.29 is 0 Å². The van der Waals surface area contributed by atoms with Crippen LogP contribution < -0.4 is 0 Å². The molecule has 2 heteroatoms. The quantitative estimate of drug-likeness (QED) is 0.609. The Hall–Kier alpha value is -0.0800. The summed E-state index contributed by atoms with van der Waals surface area (Å²) in [5.41, 5.74) is 0. The topological polar surface area (TPSA) is 6.48 Å². The van der Waals surface area contributed by atoms with Gasteiger partial charge in [-0.05, 0) is 26.8 Å². The van der Waals surface area contributed by atoms with Gasteiger partial charge in [-0.15, -0.1) is 0 Å². The molecular formula is C9H20N2. The van der Waals surface area contributed by atoms with Gasteiger partial charge in [0.15, 0.2) is 0 Å². The number of nitrogens with zero attached hydrogens (tertiary/aromatic N) is 2. The molecule has 0 unspecified atom stereocenters. The van der Waals surface area contributed by atoms with Crippen LogP contribution in [0.15, 0.2) is 0 Å². The molecule has 0 aliphatic carbocycles. The molecule has 1 heterocycles. The van der Waals surface area contributed by atoms with E-state index in [0.717, 1.165) is 6.04 Å². The maximum atomic E-state index is 2.53. The fourth-order valence-corrected chi connectivity index (χ4v) is 1.59. The zero-order valence-corrected chi connectivity index (χ0v) is 8.01. The molecule has 1 saturated heterocycles. The minimum atomic E-state index is 0.719. The zero-order valence-electron chi connectivity index (χ0n) is 8.01. The smallest absolute Gasteiger partial charge is 0.0509 e. The predicted molar refractivity (Wildman–Crippen MR) is 48.6 cm³/mol. The van der Waals surface area contributed by atoms with Crippen LogP contribution in [0, 0.1) is 0 Å². The second kappa shape index (κ2) is 4.07. The van der Waals surface area contributed by atoms with Gasteiger partial charge in [-0.2, -0.15) is 0 Å². The third-order valence-electron chi connectivity index (χ3n) is 2.36. The van der Waals surface area contributed by atoms with Crippen molar-refractivity contribution in [3.63, 3.8) is 0 Å². The Morgan fingerprint density at radius 1 is 1.27 bits per heavy atom. The molecule has 2 nitrogen and oxygen atoms in total. The van der Waals surface area contributed by atoms with Crippen molar-refractivity contribution >= 4 is 0 Å². The lowest BCUT2D eigenvalue weighted by Crippen LogP contribution is -2.31. The number of hydrogen-bond acceptors (Lipinski definition) is 2. The van der Waals surface area contributed by atoms with Gasteiger partial charge in [0.1, 0.15) is 0 Å². The molecule has 0 N–H and O–H groups in total. The van der Waals surface area contributed by atoms with Crippen LogP contribution >= 0.6 is 0 Å². The Bertz CT molecular complexity index is 112. The van der Waals surface area contributed by atoms with Gasteiger partial charge in [0, 0.05) is 19.1 Å². The molecule has 0 amide bonds. The highest BCUT2D eigenvalue weighted by Gasteiger charge is 2.20. The molecule has 11 heavy (non-hydrogen) atoms. The van der Waals surface area contributed by atoms with E-state index in [0.29, 0.717) is 0 Å². The molecule has 0 spiro atoms. The van der Waals surface area contributed by atoms with Crippen LogP contribution in [-0.4, -0.2) is 42.1 Å². The molecule has 0 saturated carbocycles. The third kappa shape index (κ3) is 2.46. The van der Waals surface area contributed by atoms with Crippen LogP contribution in [0.1, 0.15) is 27.2 Å². The second-order valence-corrected chi connectivity index (χ2v) is 3.67. The molecule has 1 aliphatic rings. The molecule has 1 fully saturated rings. The van der Waals surface area contributed by atoms with Gasteiger partial charge in [-0.25, -0.2) is 0 Å². The minimum Gasteiger partial charge on any atom is -0.289 e. The summed E-state index contributed by atoms with van der Waals surface area (Å²) in [7, 11) is 0. The lowest BCUT2D eigenvalue weighted by Gasteiger charge is -2.20. The van der Waals surface area contributed by atoms with E-state index in [2.05, 4.69) is 30.6 Å². The first-order valence-corrected chi connectivity index (χ1v) is 4.70.